The Labute approximate surface area is 125 Å². The summed E-state index contributed by atoms with van der Waals surface area (Å²) < 4.78 is 31.0. The number of benzene rings is 2. The van der Waals surface area contributed by atoms with Crippen molar-refractivity contribution in [3.63, 3.8) is 0 Å². The van der Waals surface area contributed by atoms with Gasteiger partial charge in [-0.15, -0.1) is 0 Å². The SMILES string of the molecule is COc1ccccc1[C@H](C[NH3+])S(=O)(=O)c1ccc(C)cc1. The van der Waals surface area contributed by atoms with E-state index in [-0.39, 0.29) is 6.54 Å². The molecule has 2 rings (SSSR count). The summed E-state index contributed by atoms with van der Waals surface area (Å²) in [4.78, 5) is 0.313. The van der Waals surface area contributed by atoms with Crippen LogP contribution in [0.15, 0.2) is 53.4 Å². The first-order valence-corrected chi connectivity index (χ1v) is 8.28. The van der Waals surface area contributed by atoms with E-state index in [1.807, 2.05) is 19.1 Å². The Kier molecular flexibility index (Phi) is 4.65. The molecule has 0 fully saturated rings. The number of hydrogen-bond acceptors (Lipinski definition) is 3. The topological polar surface area (TPSA) is 71.0 Å². The summed E-state index contributed by atoms with van der Waals surface area (Å²) in [5.74, 6) is 0.571. The smallest absolute Gasteiger partial charge is 0.191 e. The van der Waals surface area contributed by atoms with Crippen molar-refractivity contribution in [3.8, 4) is 5.75 Å². The van der Waals surface area contributed by atoms with E-state index in [2.05, 4.69) is 5.73 Å². The van der Waals surface area contributed by atoms with E-state index in [1.54, 1.807) is 36.4 Å². The second-order valence-electron chi connectivity index (χ2n) is 4.88. The standard InChI is InChI=1S/C16H19NO3S/c1-12-7-9-13(10-8-12)21(18,19)16(11-17)14-5-3-4-6-15(14)20-2/h3-10,16H,11,17H2,1-2H3/p+1/t16-/m0/s1. The van der Waals surface area contributed by atoms with Crippen LogP contribution in [0.25, 0.3) is 0 Å². The largest absolute Gasteiger partial charge is 0.496 e. The predicted molar refractivity (Wildman–Crippen MR) is 81.9 cm³/mol. The number of rotatable bonds is 5. The van der Waals surface area contributed by atoms with E-state index in [4.69, 9.17) is 4.74 Å². The molecule has 5 heteroatoms. The minimum Gasteiger partial charge on any atom is -0.496 e. The zero-order valence-electron chi connectivity index (χ0n) is 12.2. The highest BCUT2D eigenvalue weighted by molar-refractivity contribution is 7.91. The molecule has 2 aromatic rings. The molecule has 0 aliphatic rings. The first-order chi connectivity index (χ1) is 10.0. The van der Waals surface area contributed by atoms with Crippen LogP contribution in [0.4, 0.5) is 0 Å². The maximum atomic E-state index is 12.8. The van der Waals surface area contributed by atoms with E-state index in [0.29, 0.717) is 16.2 Å². The zero-order valence-corrected chi connectivity index (χ0v) is 13.1. The number of ether oxygens (including phenoxy) is 1. The summed E-state index contributed by atoms with van der Waals surface area (Å²) >= 11 is 0. The van der Waals surface area contributed by atoms with Gasteiger partial charge in [-0.3, -0.25) is 0 Å². The summed E-state index contributed by atoms with van der Waals surface area (Å²) in [6, 6.07) is 14.1. The minimum absolute atomic E-state index is 0.247. The van der Waals surface area contributed by atoms with Crippen LogP contribution < -0.4 is 10.5 Å². The van der Waals surface area contributed by atoms with Gasteiger partial charge in [-0.1, -0.05) is 35.9 Å². The lowest BCUT2D eigenvalue weighted by Gasteiger charge is -2.17. The summed E-state index contributed by atoms with van der Waals surface area (Å²) in [6.45, 7) is 2.17. The molecule has 2 aromatic carbocycles. The van der Waals surface area contributed by atoms with Crippen molar-refractivity contribution < 1.29 is 18.9 Å². The van der Waals surface area contributed by atoms with Gasteiger partial charge in [0.05, 0.1) is 18.6 Å². The molecule has 0 aromatic heterocycles. The fourth-order valence-corrected chi connectivity index (χ4v) is 3.99. The Morgan fingerprint density at radius 1 is 1.10 bits per heavy atom. The third-order valence-electron chi connectivity index (χ3n) is 3.47. The highest BCUT2D eigenvalue weighted by atomic mass is 32.2. The second-order valence-corrected chi connectivity index (χ2v) is 7.01. The van der Waals surface area contributed by atoms with Crippen molar-refractivity contribution in [2.24, 2.45) is 0 Å². The average molecular weight is 306 g/mol. The monoisotopic (exact) mass is 306 g/mol. The molecule has 0 aliphatic carbocycles. The van der Waals surface area contributed by atoms with E-state index >= 15 is 0 Å². The van der Waals surface area contributed by atoms with Gasteiger partial charge in [0, 0.05) is 5.56 Å². The van der Waals surface area contributed by atoms with Gasteiger partial charge in [0.1, 0.15) is 11.0 Å². The molecule has 0 heterocycles. The van der Waals surface area contributed by atoms with Crippen LogP contribution in [-0.4, -0.2) is 22.1 Å². The normalized spacial score (nSPS) is 12.9. The molecule has 0 saturated heterocycles. The van der Waals surface area contributed by atoms with Crippen LogP contribution in [0.2, 0.25) is 0 Å². The number of hydrogen-bond donors (Lipinski definition) is 1. The van der Waals surface area contributed by atoms with Crippen molar-refractivity contribution >= 4 is 9.84 Å². The molecule has 0 radical (unpaired) electrons. The molecular weight excluding hydrogens is 286 g/mol. The Balaban J connectivity index is 2.52. The summed E-state index contributed by atoms with van der Waals surface area (Å²) in [6.07, 6.45) is 0. The molecule has 0 aliphatic heterocycles. The maximum absolute atomic E-state index is 12.8. The molecular formula is C16H20NO3S+. The second kappa shape index (κ2) is 6.28. The van der Waals surface area contributed by atoms with Gasteiger partial charge in [0.2, 0.25) is 0 Å². The van der Waals surface area contributed by atoms with Crippen LogP contribution in [0.5, 0.6) is 5.75 Å². The van der Waals surface area contributed by atoms with Gasteiger partial charge < -0.3 is 10.5 Å². The van der Waals surface area contributed by atoms with Crippen LogP contribution in [0.3, 0.4) is 0 Å². The number of methoxy groups -OCH3 is 1. The Bertz CT molecular complexity index is 709. The molecule has 0 saturated carbocycles. The highest BCUT2D eigenvalue weighted by Gasteiger charge is 2.31. The fourth-order valence-electron chi connectivity index (χ4n) is 2.30. The van der Waals surface area contributed by atoms with Crippen LogP contribution in [0, 0.1) is 6.92 Å². The van der Waals surface area contributed by atoms with Crippen molar-refractivity contribution in [2.75, 3.05) is 13.7 Å². The fraction of sp³-hybridized carbons (Fsp3) is 0.250. The zero-order chi connectivity index (χ0) is 15.5. The molecule has 1 atom stereocenters. The van der Waals surface area contributed by atoms with Gasteiger partial charge in [-0.25, -0.2) is 8.42 Å². The average Bonchev–Trinajstić information content (AvgIpc) is 2.48. The van der Waals surface area contributed by atoms with Gasteiger partial charge >= 0.3 is 0 Å². The third kappa shape index (κ3) is 3.09. The minimum atomic E-state index is -3.50. The van der Waals surface area contributed by atoms with Gasteiger partial charge in [-0.05, 0) is 25.1 Å². The number of sulfone groups is 1. The molecule has 0 bridgehead atoms. The summed E-state index contributed by atoms with van der Waals surface area (Å²) in [7, 11) is -1.96. The van der Waals surface area contributed by atoms with Gasteiger partial charge in [0.15, 0.2) is 9.84 Å². The Hall–Kier alpha value is -1.85. The molecule has 0 unspecified atom stereocenters. The van der Waals surface area contributed by atoms with E-state index in [9.17, 15) is 8.42 Å². The van der Waals surface area contributed by atoms with Crippen LogP contribution >= 0.6 is 0 Å². The van der Waals surface area contributed by atoms with Gasteiger partial charge in [0.25, 0.3) is 0 Å². The van der Waals surface area contributed by atoms with Crippen molar-refractivity contribution in [2.45, 2.75) is 17.1 Å². The molecule has 4 nitrogen and oxygen atoms in total. The molecule has 0 amide bonds. The number of aryl methyl sites for hydroxylation is 1. The number of quaternary nitrogens is 1. The van der Waals surface area contributed by atoms with E-state index in [1.165, 1.54) is 7.11 Å². The highest BCUT2D eigenvalue weighted by Crippen LogP contribution is 2.33. The third-order valence-corrected chi connectivity index (χ3v) is 5.64. The maximum Gasteiger partial charge on any atom is 0.191 e. The first-order valence-electron chi connectivity index (χ1n) is 6.73. The number of para-hydroxylation sites is 1. The lowest BCUT2D eigenvalue weighted by atomic mass is 10.1. The Morgan fingerprint density at radius 2 is 1.71 bits per heavy atom. The molecule has 0 spiro atoms. The Morgan fingerprint density at radius 3 is 2.29 bits per heavy atom. The first kappa shape index (κ1) is 15.5. The van der Waals surface area contributed by atoms with Crippen LogP contribution in [-0.2, 0) is 9.84 Å². The lowest BCUT2D eigenvalue weighted by Crippen LogP contribution is -2.54. The van der Waals surface area contributed by atoms with Crippen molar-refractivity contribution in [1.82, 2.24) is 0 Å². The molecule has 112 valence electrons. The predicted octanol–water partition coefficient (Wildman–Crippen LogP) is 1.76. The van der Waals surface area contributed by atoms with Crippen molar-refractivity contribution in [3.05, 3.63) is 59.7 Å². The summed E-state index contributed by atoms with van der Waals surface area (Å²) in [5, 5.41) is -0.712. The van der Waals surface area contributed by atoms with Gasteiger partial charge in [-0.2, -0.15) is 0 Å². The summed E-state index contributed by atoms with van der Waals surface area (Å²) in [5.41, 5.74) is 5.49. The lowest BCUT2D eigenvalue weighted by molar-refractivity contribution is -0.367. The van der Waals surface area contributed by atoms with E-state index < -0.39 is 15.1 Å². The van der Waals surface area contributed by atoms with E-state index in [0.717, 1.165) is 5.56 Å². The quantitative estimate of drug-likeness (QED) is 0.915. The van der Waals surface area contributed by atoms with Crippen LogP contribution in [0.1, 0.15) is 16.4 Å². The molecule has 21 heavy (non-hydrogen) atoms. The molecule has 3 N–H and O–H groups in total. The van der Waals surface area contributed by atoms with Crippen molar-refractivity contribution in [1.29, 1.82) is 0 Å².